The van der Waals surface area contributed by atoms with Crippen molar-refractivity contribution < 1.29 is 9.59 Å². The van der Waals surface area contributed by atoms with Crippen molar-refractivity contribution in [3.63, 3.8) is 0 Å². The van der Waals surface area contributed by atoms with Gasteiger partial charge in [-0.2, -0.15) is 0 Å². The number of pyridine rings is 1. The SMILES string of the molecule is O=C(CN1CCCCCCC1=O)NC1CCN(c2ccccn2)CC1. The van der Waals surface area contributed by atoms with Crippen LogP contribution in [0.15, 0.2) is 24.4 Å². The van der Waals surface area contributed by atoms with E-state index in [2.05, 4.69) is 15.2 Å². The molecule has 1 aromatic rings. The first-order valence-corrected chi connectivity index (χ1v) is 9.45. The Kier molecular flexibility index (Phi) is 6.25. The lowest BCUT2D eigenvalue weighted by Crippen LogP contribution is -2.48. The van der Waals surface area contributed by atoms with E-state index in [0.29, 0.717) is 13.0 Å². The molecule has 0 radical (unpaired) electrons. The largest absolute Gasteiger partial charge is 0.356 e. The number of likely N-dealkylation sites (tertiary alicyclic amines) is 1. The summed E-state index contributed by atoms with van der Waals surface area (Å²) in [6.07, 6.45) is 8.44. The van der Waals surface area contributed by atoms with Gasteiger partial charge in [-0.25, -0.2) is 4.98 Å². The van der Waals surface area contributed by atoms with Crippen LogP contribution in [-0.2, 0) is 9.59 Å². The molecule has 1 aromatic heterocycles. The van der Waals surface area contributed by atoms with E-state index in [9.17, 15) is 9.59 Å². The number of carbonyl (C=O) groups excluding carboxylic acids is 2. The Balaban J connectivity index is 1.43. The third-order valence-corrected chi connectivity index (χ3v) is 5.09. The molecule has 3 rings (SSSR count). The standard InChI is InChI=1S/C19H28N4O2/c24-18(15-23-12-6-2-1-3-8-19(23)25)21-16-9-13-22(14-10-16)17-7-4-5-11-20-17/h4-5,7,11,16H,1-3,6,8-10,12-15H2,(H,21,24). The topological polar surface area (TPSA) is 65.5 Å². The number of amides is 2. The van der Waals surface area contributed by atoms with Crippen LogP contribution in [0.4, 0.5) is 5.82 Å². The third-order valence-electron chi connectivity index (χ3n) is 5.09. The Morgan fingerprint density at radius 3 is 2.68 bits per heavy atom. The molecule has 2 aliphatic rings. The molecule has 2 aliphatic heterocycles. The lowest BCUT2D eigenvalue weighted by molar-refractivity contribution is -0.136. The molecule has 0 saturated carbocycles. The number of hydrogen-bond donors (Lipinski definition) is 1. The number of nitrogens with one attached hydrogen (secondary N) is 1. The summed E-state index contributed by atoms with van der Waals surface area (Å²) in [5, 5.41) is 3.11. The molecule has 3 heterocycles. The molecule has 0 spiro atoms. The van der Waals surface area contributed by atoms with Crippen molar-refractivity contribution in [1.29, 1.82) is 0 Å². The first-order valence-electron chi connectivity index (χ1n) is 9.45. The van der Waals surface area contributed by atoms with Gasteiger partial charge in [-0.05, 0) is 37.8 Å². The molecule has 2 saturated heterocycles. The maximum Gasteiger partial charge on any atom is 0.239 e. The summed E-state index contributed by atoms with van der Waals surface area (Å²) in [7, 11) is 0. The summed E-state index contributed by atoms with van der Waals surface area (Å²) in [6, 6.07) is 6.13. The molecule has 136 valence electrons. The van der Waals surface area contributed by atoms with Crippen LogP contribution in [0.5, 0.6) is 0 Å². The summed E-state index contributed by atoms with van der Waals surface area (Å²) in [5.41, 5.74) is 0. The Labute approximate surface area is 149 Å². The maximum absolute atomic E-state index is 12.3. The molecule has 2 fully saturated rings. The molecule has 25 heavy (non-hydrogen) atoms. The summed E-state index contributed by atoms with van der Waals surface area (Å²) in [4.78, 5) is 32.8. The van der Waals surface area contributed by atoms with Gasteiger partial charge in [0.25, 0.3) is 0 Å². The van der Waals surface area contributed by atoms with Gasteiger partial charge in [0.1, 0.15) is 5.82 Å². The van der Waals surface area contributed by atoms with Crippen molar-refractivity contribution in [2.75, 3.05) is 31.1 Å². The smallest absolute Gasteiger partial charge is 0.239 e. The zero-order chi connectivity index (χ0) is 17.5. The summed E-state index contributed by atoms with van der Waals surface area (Å²) in [6.45, 7) is 2.71. The van der Waals surface area contributed by atoms with E-state index in [4.69, 9.17) is 0 Å². The van der Waals surface area contributed by atoms with E-state index in [1.807, 2.05) is 24.4 Å². The minimum Gasteiger partial charge on any atom is -0.356 e. The van der Waals surface area contributed by atoms with Crippen molar-refractivity contribution in [1.82, 2.24) is 15.2 Å². The van der Waals surface area contributed by atoms with E-state index in [1.165, 1.54) is 0 Å². The number of nitrogens with zero attached hydrogens (tertiary/aromatic N) is 3. The Bertz CT molecular complexity index is 570. The van der Waals surface area contributed by atoms with Gasteiger partial charge in [-0.3, -0.25) is 9.59 Å². The van der Waals surface area contributed by atoms with Crippen LogP contribution >= 0.6 is 0 Å². The van der Waals surface area contributed by atoms with Gasteiger partial charge in [0, 0.05) is 38.3 Å². The predicted molar refractivity (Wildman–Crippen MR) is 97.3 cm³/mol. The molecule has 0 aromatic carbocycles. The summed E-state index contributed by atoms with van der Waals surface area (Å²) in [5.74, 6) is 1.10. The number of piperidine rings is 1. The molecular weight excluding hydrogens is 316 g/mol. The zero-order valence-electron chi connectivity index (χ0n) is 14.8. The fourth-order valence-electron chi connectivity index (χ4n) is 3.62. The van der Waals surface area contributed by atoms with Gasteiger partial charge in [-0.1, -0.05) is 18.9 Å². The van der Waals surface area contributed by atoms with E-state index in [0.717, 1.165) is 57.4 Å². The second kappa shape index (κ2) is 8.83. The zero-order valence-corrected chi connectivity index (χ0v) is 14.8. The molecule has 0 atom stereocenters. The average Bonchev–Trinajstić information content (AvgIpc) is 2.63. The van der Waals surface area contributed by atoms with Crippen LogP contribution in [0.3, 0.4) is 0 Å². The van der Waals surface area contributed by atoms with Crippen LogP contribution in [0.1, 0.15) is 44.9 Å². The minimum atomic E-state index is -0.0230. The Hall–Kier alpha value is -2.11. The molecule has 6 heteroatoms. The van der Waals surface area contributed by atoms with E-state index in [1.54, 1.807) is 4.90 Å². The molecule has 6 nitrogen and oxygen atoms in total. The van der Waals surface area contributed by atoms with Gasteiger partial charge in [0.05, 0.1) is 6.54 Å². The molecule has 0 aliphatic carbocycles. The number of carbonyl (C=O) groups is 2. The van der Waals surface area contributed by atoms with Crippen molar-refractivity contribution in [2.45, 2.75) is 51.0 Å². The van der Waals surface area contributed by atoms with Crippen LogP contribution in [-0.4, -0.2) is 53.9 Å². The van der Waals surface area contributed by atoms with E-state index < -0.39 is 0 Å². The monoisotopic (exact) mass is 344 g/mol. The van der Waals surface area contributed by atoms with Gasteiger partial charge in [0.2, 0.25) is 11.8 Å². The molecular formula is C19H28N4O2. The first kappa shape index (κ1) is 17.7. The Morgan fingerprint density at radius 2 is 1.92 bits per heavy atom. The van der Waals surface area contributed by atoms with Crippen LogP contribution in [0.25, 0.3) is 0 Å². The van der Waals surface area contributed by atoms with Gasteiger partial charge >= 0.3 is 0 Å². The highest BCUT2D eigenvalue weighted by atomic mass is 16.2. The highest BCUT2D eigenvalue weighted by Crippen LogP contribution is 2.17. The number of rotatable bonds is 4. The van der Waals surface area contributed by atoms with Gasteiger partial charge in [0.15, 0.2) is 0 Å². The lowest BCUT2D eigenvalue weighted by Gasteiger charge is -2.33. The van der Waals surface area contributed by atoms with Crippen LogP contribution in [0, 0.1) is 0 Å². The average molecular weight is 344 g/mol. The van der Waals surface area contributed by atoms with Gasteiger partial charge in [-0.15, -0.1) is 0 Å². The normalized spacial score (nSPS) is 20.1. The van der Waals surface area contributed by atoms with E-state index in [-0.39, 0.29) is 24.4 Å². The second-order valence-electron chi connectivity index (χ2n) is 7.00. The van der Waals surface area contributed by atoms with E-state index >= 15 is 0 Å². The van der Waals surface area contributed by atoms with Crippen LogP contribution in [0.2, 0.25) is 0 Å². The van der Waals surface area contributed by atoms with Crippen molar-refractivity contribution >= 4 is 17.6 Å². The van der Waals surface area contributed by atoms with Crippen LogP contribution < -0.4 is 10.2 Å². The van der Waals surface area contributed by atoms with Crippen molar-refractivity contribution in [3.05, 3.63) is 24.4 Å². The maximum atomic E-state index is 12.3. The minimum absolute atomic E-state index is 0.0230. The van der Waals surface area contributed by atoms with Crippen molar-refractivity contribution in [3.8, 4) is 0 Å². The highest BCUT2D eigenvalue weighted by Gasteiger charge is 2.23. The number of hydrogen-bond acceptors (Lipinski definition) is 4. The van der Waals surface area contributed by atoms with Gasteiger partial charge < -0.3 is 15.1 Å². The van der Waals surface area contributed by atoms with Crippen molar-refractivity contribution in [2.24, 2.45) is 0 Å². The summed E-state index contributed by atoms with van der Waals surface area (Å²) >= 11 is 0. The second-order valence-corrected chi connectivity index (χ2v) is 7.00. The third kappa shape index (κ3) is 5.18. The molecule has 2 amide bonds. The number of aromatic nitrogens is 1. The number of anilines is 1. The highest BCUT2D eigenvalue weighted by molar-refractivity contribution is 5.85. The molecule has 1 N–H and O–H groups in total. The predicted octanol–water partition coefficient (Wildman–Crippen LogP) is 1.96. The first-order chi connectivity index (χ1) is 12.2. The fraction of sp³-hybridized carbons (Fsp3) is 0.632. The quantitative estimate of drug-likeness (QED) is 0.907. The summed E-state index contributed by atoms with van der Waals surface area (Å²) < 4.78 is 0. The molecule has 0 bridgehead atoms. The Morgan fingerprint density at radius 1 is 1.12 bits per heavy atom. The fourth-order valence-corrected chi connectivity index (χ4v) is 3.62. The lowest BCUT2D eigenvalue weighted by atomic mass is 10.0. The molecule has 0 unspecified atom stereocenters.